The number of nitrogens with one attached hydrogen (secondary N) is 1. The van der Waals surface area contributed by atoms with Crippen LogP contribution in [-0.4, -0.2) is 6.54 Å². The Morgan fingerprint density at radius 2 is 2.12 bits per heavy atom. The van der Waals surface area contributed by atoms with Gasteiger partial charge in [-0.3, -0.25) is 0 Å². The molecule has 0 unspecified atom stereocenters. The summed E-state index contributed by atoms with van der Waals surface area (Å²) in [6, 6.07) is 5.50. The maximum absolute atomic E-state index is 13.4. The molecule has 1 aliphatic carbocycles. The first-order valence-electron chi connectivity index (χ1n) is 6.61. The summed E-state index contributed by atoms with van der Waals surface area (Å²) in [5, 5.41) is 3.48. The molecule has 1 nitrogen and oxygen atoms in total. The van der Waals surface area contributed by atoms with Crippen LogP contribution in [0.25, 0.3) is 0 Å². The number of hydrogen-bond acceptors (Lipinski definition) is 1. The maximum atomic E-state index is 13.4. The zero-order chi connectivity index (χ0) is 12.3. The minimum absolute atomic E-state index is 0.0989. The van der Waals surface area contributed by atoms with Gasteiger partial charge in [-0.05, 0) is 48.8 Å². The molecule has 0 radical (unpaired) electrons. The molecule has 2 rings (SSSR count). The van der Waals surface area contributed by atoms with Gasteiger partial charge < -0.3 is 5.32 Å². The number of aryl methyl sites for hydroxylation is 1. The van der Waals surface area contributed by atoms with Gasteiger partial charge in [0.1, 0.15) is 5.82 Å². The topological polar surface area (TPSA) is 12.0 Å². The van der Waals surface area contributed by atoms with Crippen LogP contribution in [0.5, 0.6) is 0 Å². The molecule has 1 aromatic rings. The molecule has 1 fully saturated rings. The number of hydrogen-bond donors (Lipinski definition) is 1. The van der Waals surface area contributed by atoms with E-state index in [1.807, 2.05) is 12.1 Å². The largest absolute Gasteiger partial charge is 0.312 e. The summed E-state index contributed by atoms with van der Waals surface area (Å²) in [5.74, 6) is -0.0989. The second kappa shape index (κ2) is 5.18. The van der Waals surface area contributed by atoms with Gasteiger partial charge in [0.25, 0.3) is 0 Å². The Kier molecular flexibility index (Phi) is 3.82. The van der Waals surface area contributed by atoms with E-state index in [9.17, 15) is 4.39 Å². The Hall–Kier alpha value is -0.890. The molecular formula is C15H22FN. The van der Waals surface area contributed by atoms with Crippen molar-refractivity contribution in [1.29, 1.82) is 0 Å². The molecule has 0 heterocycles. The zero-order valence-electron chi connectivity index (χ0n) is 10.9. The Balaban J connectivity index is 1.83. The normalized spacial score (nSPS) is 17.8. The van der Waals surface area contributed by atoms with Crippen LogP contribution in [0.15, 0.2) is 18.2 Å². The number of rotatable bonds is 5. The first kappa shape index (κ1) is 12.6. The Morgan fingerprint density at radius 1 is 1.35 bits per heavy atom. The Morgan fingerprint density at radius 3 is 2.65 bits per heavy atom. The fourth-order valence-electron chi connectivity index (χ4n) is 2.55. The molecule has 0 bridgehead atoms. The van der Waals surface area contributed by atoms with E-state index >= 15 is 0 Å². The molecule has 94 valence electrons. The zero-order valence-corrected chi connectivity index (χ0v) is 10.9. The summed E-state index contributed by atoms with van der Waals surface area (Å²) < 4.78 is 13.4. The van der Waals surface area contributed by atoms with Crippen molar-refractivity contribution in [1.82, 2.24) is 5.32 Å². The lowest BCUT2D eigenvalue weighted by Crippen LogP contribution is -2.39. The van der Waals surface area contributed by atoms with E-state index in [1.54, 1.807) is 13.0 Å². The van der Waals surface area contributed by atoms with E-state index < -0.39 is 0 Å². The van der Waals surface area contributed by atoms with E-state index in [0.29, 0.717) is 5.41 Å². The Labute approximate surface area is 103 Å². The third kappa shape index (κ3) is 2.86. The van der Waals surface area contributed by atoms with Crippen LogP contribution in [0.1, 0.15) is 43.7 Å². The fraction of sp³-hybridized carbons (Fsp3) is 0.600. The van der Waals surface area contributed by atoms with E-state index in [2.05, 4.69) is 12.2 Å². The summed E-state index contributed by atoms with van der Waals surface area (Å²) in [6.07, 6.45) is 5.31. The molecule has 17 heavy (non-hydrogen) atoms. The lowest BCUT2D eigenvalue weighted by atomic mass is 9.67. The molecule has 0 spiro atoms. The predicted octanol–water partition coefficient (Wildman–Crippen LogP) is 3.80. The van der Waals surface area contributed by atoms with Crippen LogP contribution in [-0.2, 0) is 6.54 Å². The van der Waals surface area contributed by atoms with Gasteiger partial charge in [-0.25, -0.2) is 4.39 Å². The molecule has 0 saturated heterocycles. The molecule has 0 aromatic heterocycles. The van der Waals surface area contributed by atoms with E-state index in [4.69, 9.17) is 0 Å². The van der Waals surface area contributed by atoms with Gasteiger partial charge in [0.05, 0.1) is 0 Å². The summed E-state index contributed by atoms with van der Waals surface area (Å²) in [5.41, 5.74) is 2.29. The second-order valence-corrected chi connectivity index (χ2v) is 5.39. The molecule has 1 aromatic carbocycles. The molecule has 2 heteroatoms. The molecule has 0 atom stereocenters. The highest BCUT2D eigenvalue weighted by molar-refractivity contribution is 5.23. The minimum Gasteiger partial charge on any atom is -0.312 e. The van der Waals surface area contributed by atoms with Crippen LogP contribution in [0, 0.1) is 18.2 Å². The summed E-state index contributed by atoms with van der Waals surface area (Å²) >= 11 is 0. The van der Waals surface area contributed by atoms with Crippen molar-refractivity contribution in [3.8, 4) is 0 Å². The standard InChI is InChI=1S/C15H22FN/c1-3-15(7-4-8-15)11-17-10-13-6-5-12(2)14(16)9-13/h5-6,9,17H,3-4,7-8,10-11H2,1-2H3. The lowest BCUT2D eigenvalue weighted by Gasteiger charge is -2.41. The van der Waals surface area contributed by atoms with Gasteiger partial charge in [-0.1, -0.05) is 25.5 Å². The third-order valence-electron chi connectivity index (χ3n) is 4.23. The summed E-state index contributed by atoms with van der Waals surface area (Å²) in [4.78, 5) is 0. The predicted molar refractivity (Wildman–Crippen MR) is 69.4 cm³/mol. The van der Waals surface area contributed by atoms with Crippen molar-refractivity contribution < 1.29 is 4.39 Å². The first-order chi connectivity index (χ1) is 8.15. The highest BCUT2D eigenvalue weighted by atomic mass is 19.1. The van der Waals surface area contributed by atoms with Crippen molar-refractivity contribution >= 4 is 0 Å². The van der Waals surface area contributed by atoms with Gasteiger partial charge in [-0.2, -0.15) is 0 Å². The lowest BCUT2D eigenvalue weighted by molar-refractivity contribution is 0.124. The summed E-state index contributed by atoms with van der Waals surface area (Å²) in [7, 11) is 0. The Bertz CT molecular complexity index is 377. The molecule has 0 aliphatic heterocycles. The van der Waals surface area contributed by atoms with Crippen molar-refractivity contribution in [3.05, 3.63) is 35.1 Å². The van der Waals surface area contributed by atoms with E-state index in [-0.39, 0.29) is 5.82 Å². The SMILES string of the molecule is CCC1(CNCc2ccc(C)c(F)c2)CCC1. The van der Waals surface area contributed by atoms with Crippen LogP contribution < -0.4 is 5.32 Å². The van der Waals surface area contributed by atoms with Gasteiger partial charge in [0.15, 0.2) is 0 Å². The van der Waals surface area contributed by atoms with Crippen LogP contribution >= 0.6 is 0 Å². The average molecular weight is 235 g/mol. The van der Waals surface area contributed by atoms with Gasteiger partial charge >= 0.3 is 0 Å². The molecule has 1 aliphatic rings. The molecular weight excluding hydrogens is 213 g/mol. The highest BCUT2D eigenvalue weighted by Crippen LogP contribution is 2.43. The summed E-state index contributed by atoms with van der Waals surface area (Å²) in [6.45, 7) is 5.91. The van der Waals surface area contributed by atoms with Crippen molar-refractivity contribution in [2.75, 3.05) is 6.54 Å². The monoisotopic (exact) mass is 235 g/mol. The third-order valence-corrected chi connectivity index (χ3v) is 4.23. The second-order valence-electron chi connectivity index (χ2n) is 5.39. The van der Waals surface area contributed by atoms with Gasteiger partial charge in [0, 0.05) is 13.1 Å². The van der Waals surface area contributed by atoms with Crippen LogP contribution in [0.2, 0.25) is 0 Å². The number of benzene rings is 1. The fourth-order valence-corrected chi connectivity index (χ4v) is 2.55. The minimum atomic E-state index is -0.0989. The smallest absolute Gasteiger partial charge is 0.126 e. The quantitative estimate of drug-likeness (QED) is 0.818. The van der Waals surface area contributed by atoms with Crippen molar-refractivity contribution in [3.63, 3.8) is 0 Å². The van der Waals surface area contributed by atoms with Gasteiger partial charge in [0.2, 0.25) is 0 Å². The average Bonchev–Trinajstić information content (AvgIpc) is 2.27. The van der Waals surface area contributed by atoms with E-state index in [0.717, 1.165) is 24.2 Å². The van der Waals surface area contributed by atoms with Crippen LogP contribution in [0.3, 0.4) is 0 Å². The number of halogens is 1. The van der Waals surface area contributed by atoms with Crippen molar-refractivity contribution in [2.24, 2.45) is 5.41 Å². The maximum Gasteiger partial charge on any atom is 0.126 e. The van der Waals surface area contributed by atoms with Gasteiger partial charge in [-0.15, -0.1) is 0 Å². The van der Waals surface area contributed by atoms with Crippen molar-refractivity contribution in [2.45, 2.75) is 46.1 Å². The molecule has 1 N–H and O–H groups in total. The first-order valence-corrected chi connectivity index (χ1v) is 6.61. The van der Waals surface area contributed by atoms with Crippen LogP contribution in [0.4, 0.5) is 4.39 Å². The molecule has 1 saturated carbocycles. The highest BCUT2D eigenvalue weighted by Gasteiger charge is 2.34. The molecule has 0 amide bonds. The van der Waals surface area contributed by atoms with E-state index in [1.165, 1.54) is 25.7 Å².